The maximum atomic E-state index is 14.1. The molecule has 2 aliphatic heterocycles. The number of halogens is 1. The van der Waals surface area contributed by atoms with E-state index in [9.17, 15) is 15.0 Å². The molecule has 4 aromatic rings. The van der Waals surface area contributed by atoms with Crippen molar-refractivity contribution in [2.45, 2.75) is 30.9 Å². The monoisotopic (exact) mass is 590 g/mol. The average molecular weight is 591 g/mol. The Hall–Kier alpha value is -3.70. The number of rotatable bonds is 9. The lowest BCUT2D eigenvalue weighted by Gasteiger charge is -2.39. The highest BCUT2D eigenvalue weighted by Crippen LogP contribution is 2.40. The van der Waals surface area contributed by atoms with Gasteiger partial charge in [0.15, 0.2) is 5.65 Å². The lowest BCUT2D eigenvalue weighted by Crippen LogP contribution is -2.52. The third-order valence-corrected chi connectivity index (χ3v) is 8.39. The molecule has 6 rings (SSSR count). The number of pyridine rings is 1. The first-order valence-electron chi connectivity index (χ1n) is 14.4. The molecule has 11 heteroatoms. The van der Waals surface area contributed by atoms with E-state index in [-0.39, 0.29) is 24.5 Å². The van der Waals surface area contributed by atoms with Gasteiger partial charge >= 0.3 is 0 Å². The number of ether oxygens (including phenoxy) is 1. The Labute approximate surface area is 249 Å². The van der Waals surface area contributed by atoms with Crippen LogP contribution in [0.25, 0.3) is 22.2 Å². The summed E-state index contributed by atoms with van der Waals surface area (Å²) in [5.41, 5.74) is 4.38. The maximum absolute atomic E-state index is 14.1. The molecule has 220 valence electrons. The lowest BCUT2D eigenvalue weighted by molar-refractivity contribution is -0.133. The van der Waals surface area contributed by atoms with Crippen LogP contribution in [0.15, 0.2) is 60.8 Å². The van der Waals surface area contributed by atoms with Crippen molar-refractivity contribution >= 4 is 34.2 Å². The number of piperazine rings is 1. The van der Waals surface area contributed by atoms with Gasteiger partial charge in [0.1, 0.15) is 18.1 Å². The van der Waals surface area contributed by atoms with E-state index in [2.05, 4.69) is 25.4 Å². The smallest absolute Gasteiger partial charge is 0.244 e. The number of carbonyl (C=O) groups is 1. The van der Waals surface area contributed by atoms with E-state index in [0.29, 0.717) is 48.1 Å². The Kier molecular flexibility index (Phi) is 8.57. The molecular weight excluding hydrogens is 556 g/mol. The molecule has 2 aromatic heterocycles. The van der Waals surface area contributed by atoms with Crippen LogP contribution < -0.4 is 15.0 Å². The quantitative estimate of drug-likeness (QED) is 0.234. The predicted molar refractivity (Wildman–Crippen MR) is 162 cm³/mol. The molecule has 0 saturated carbocycles. The second-order valence-corrected chi connectivity index (χ2v) is 11.3. The SMILES string of the molecule is O=C([C@@H](c1ccc(Cl)cc1)C1CCCN1)N1CCN(c2c(-c3ccccc3)cnc3[nH]nc(OC[C@@H](O)CO)c23)CC1. The second-order valence-electron chi connectivity index (χ2n) is 10.8. The Morgan fingerprint density at radius 3 is 2.55 bits per heavy atom. The Balaban J connectivity index is 1.29. The van der Waals surface area contributed by atoms with E-state index in [0.717, 1.165) is 41.8 Å². The van der Waals surface area contributed by atoms with Crippen molar-refractivity contribution in [2.24, 2.45) is 0 Å². The highest BCUT2D eigenvalue weighted by atomic mass is 35.5. The summed E-state index contributed by atoms with van der Waals surface area (Å²) in [6.07, 6.45) is 2.82. The van der Waals surface area contributed by atoms with Crippen LogP contribution in [-0.4, -0.2) is 94.3 Å². The molecule has 42 heavy (non-hydrogen) atoms. The van der Waals surface area contributed by atoms with Gasteiger partial charge in [0.25, 0.3) is 0 Å². The molecule has 0 spiro atoms. The number of benzene rings is 2. The summed E-state index contributed by atoms with van der Waals surface area (Å²) in [4.78, 5) is 22.9. The van der Waals surface area contributed by atoms with Gasteiger partial charge in [0.2, 0.25) is 11.8 Å². The average Bonchev–Trinajstić information content (AvgIpc) is 3.71. The highest BCUT2D eigenvalue weighted by Gasteiger charge is 2.36. The molecule has 3 atom stereocenters. The van der Waals surface area contributed by atoms with Crippen molar-refractivity contribution in [3.05, 3.63) is 71.4 Å². The van der Waals surface area contributed by atoms with Crippen LogP contribution in [0.5, 0.6) is 5.88 Å². The topological polar surface area (TPSA) is 127 Å². The van der Waals surface area contributed by atoms with Crippen LogP contribution in [0.4, 0.5) is 5.69 Å². The Morgan fingerprint density at radius 1 is 1.10 bits per heavy atom. The third-order valence-electron chi connectivity index (χ3n) is 8.14. The molecule has 0 bridgehead atoms. The fourth-order valence-corrected chi connectivity index (χ4v) is 6.12. The number of amides is 1. The molecule has 0 radical (unpaired) electrons. The molecule has 0 aliphatic carbocycles. The number of anilines is 1. The predicted octanol–water partition coefficient (Wildman–Crippen LogP) is 3.19. The van der Waals surface area contributed by atoms with Crippen LogP contribution in [0, 0.1) is 0 Å². The normalized spacial score (nSPS) is 18.8. The fourth-order valence-electron chi connectivity index (χ4n) is 6.00. The van der Waals surface area contributed by atoms with Gasteiger partial charge in [-0.25, -0.2) is 4.98 Å². The summed E-state index contributed by atoms with van der Waals surface area (Å²) in [5.74, 6) is 0.173. The van der Waals surface area contributed by atoms with Gasteiger partial charge in [-0.15, -0.1) is 5.10 Å². The molecule has 2 aliphatic rings. The molecule has 2 aromatic carbocycles. The zero-order valence-electron chi connectivity index (χ0n) is 23.2. The van der Waals surface area contributed by atoms with E-state index in [1.54, 1.807) is 0 Å². The summed E-state index contributed by atoms with van der Waals surface area (Å²) < 4.78 is 5.84. The lowest BCUT2D eigenvalue weighted by atomic mass is 9.89. The number of aromatic amines is 1. The Morgan fingerprint density at radius 2 is 1.86 bits per heavy atom. The van der Waals surface area contributed by atoms with Crippen LogP contribution in [0.2, 0.25) is 5.02 Å². The summed E-state index contributed by atoms with van der Waals surface area (Å²) in [7, 11) is 0. The van der Waals surface area contributed by atoms with Crippen LogP contribution >= 0.6 is 11.6 Å². The summed E-state index contributed by atoms with van der Waals surface area (Å²) in [6.45, 7) is 2.75. The van der Waals surface area contributed by atoms with E-state index in [1.807, 2.05) is 65.7 Å². The summed E-state index contributed by atoms with van der Waals surface area (Å²) in [5, 5.41) is 31.3. The van der Waals surface area contributed by atoms with Gasteiger partial charge in [-0.05, 0) is 42.6 Å². The van der Waals surface area contributed by atoms with Gasteiger partial charge in [0, 0.05) is 49.0 Å². The Bertz CT molecular complexity index is 1500. The van der Waals surface area contributed by atoms with E-state index in [4.69, 9.17) is 16.3 Å². The number of aromatic nitrogens is 3. The van der Waals surface area contributed by atoms with Crippen molar-refractivity contribution in [2.75, 3.05) is 50.8 Å². The van der Waals surface area contributed by atoms with Gasteiger partial charge in [-0.2, -0.15) is 0 Å². The zero-order valence-corrected chi connectivity index (χ0v) is 24.0. The van der Waals surface area contributed by atoms with Crippen molar-refractivity contribution in [1.29, 1.82) is 0 Å². The van der Waals surface area contributed by atoms with Gasteiger partial charge in [-0.1, -0.05) is 54.1 Å². The van der Waals surface area contributed by atoms with Crippen molar-refractivity contribution in [3.63, 3.8) is 0 Å². The second kappa shape index (κ2) is 12.7. The zero-order chi connectivity index (χ0) is 29.1. The van der Waals surface area contributed by atoms with Gasteiger partial charge in [-0.3, -0.25) is 9.89 Å². The summed E-state index contributed by atoms with van der Waals surface area (Å²) in [6, 6.07) is 17.8. The molecule has 2 fully saturated rings. The minimum absolute atomic E-state index is 0.0983. The molecule has 2 saturated heterocycles. The number of H-pyrrole nitrogens is 1. The number of aliphatic hydroxyl groups is 2. The van der Waals surface area contributed by atoms with Crippen LogP contribution in [-0.2, 0) is 4.79 Å². The number of nitrogens with zero attached hydrogens (tertiary/aromatic N) is 4. The molecule has 4 heterocycles. The van der Waals surface area contributed by atoms with Crippen molar-refractivity contribution < 1.29 is 19.7 Å². The van der Waals surface area contributed by atoms with Crippen LogP contribution in [0.3, 0.4) is 0 Å². The van der Waals surface area contributed by atoms with E-state index in [1.165, 1.54) is 0 Å². The minimum atomic E-state index is -1.03. The fraction of sp³-hybridized carbons (Fsp3) is 0.387. The van der Waals surface area contributed by atoms with Gasteiger partial charge in [0.05, 0.1) is 18.2 Å². The number of aliphatic hydroxyl groups excluding tert-OH is 2. The molecule has 10 nitrogen and oxygen atoms in total. The van der Waals surface area contributed by atoms with Gasteiger partial charge < -0.3 is 30.1 Å². The number of fused-ring (bicyclic) bond motifs is 1. The number of carbonyl (C=O) groups excluding carboxylic acids is 1. The largest absolute Gasteiger partial charge is 0.473 e. The first-order valence-corrected chi connectivity index (χ1v) is 14.8. The first-order chi connectivity index (χ1) is 20.5. The molecule has 4 N–H and O–H groups in total. The highest BCUT2D eigenvalue weighted by molar-refractivity contribution is 6.30. The standard InChI is InChI=1S/C31H35ClN6O4/c32-22-10-8-21(9-11-22)26(25-7-4-12-33-25)31(41)38-15-13-37(14-16-38)28-24(20-5-2-1-3-6-20)17-34-29-27(28)30(36-35-29)42-19-23(40)18-39/h1-3,5-6,8-11,17,23,25-26,33,39-40H,4,7,12-16,18-19H2,(H,34,35,36)/t23-,25?,26-/m0/s1. The molecular formula is C31H35ClN6O4. The minimum Gasteiger partial charge on any atom is -0.473 e. The van der Waals surface area contributed by atoms with Crippen LogP contribution in [0.1, 0.15) is 24.3 Å². The third kappa shape index (κ3) is 5.80. The maximum Gasteiger partial charge on any atom is 0.244 e. The first kappa shape index (κ1) is 28.4. The van der Waals surface area contributed by atoms with E-state index < -0.39 is 12.7 Å². The molecule has 1 amide bonds. The van der Waals surface area contributed by atoms with Crippen molar-refractivity contribution in [1.82, 2.24) is 25.4 Å². The number of nitrogens with one attached hydrogen (secondary N) is 2. The molecule has 1 unspecified atom stereocenters. The van der Waals surface area contributed by atoms with Crippen molar-refractivity contribution in [3.8, 4) is 17.0 Å². The number of hydrogen-bond donors (Lipinski definition) is 4. The number of hydrogen-bond acceptors (Lipinski definition) is 8. The van der Waals surface area contributed by atoms with E-state index >= 15 is 0 Å². The summed E-state index contributed by atoms with van der Waals surface area (Å²) >= 11 is 6.16.